The van der Waals surface area contributed by atoms with Crippen molar-refractivity contribution in [3.8, 4) is 0 Å². The van der Waals surface area contributed by atoms with Crippen LogP contribution in [0.4, 0.5) is 24.8 Å². The van der Waals surface area contributed by atoms with Crippen LogP contribution in [0.1, 0.15) is 5.56 Å². The molecule has 0 saturated heterocycles. The summed E-state index contributed by atoms with van der Waals surface area (Å²) in [5.41, 5.74) is -0.835. The number of nitrogens with zero attached hydrogens (tertiary/aromatic N) is 2. The molecular weight excluding hydrogens is 295 g/mol. The van der Waals surface area contributed by atoms with E-state index in [0.717, 1.165) is 18.4 Å². The Balaban J connectivity index is 3.05. The number of halogens is 3. The van der Waals surface area contributed by atoms with E-state index in [2.05, 4.69) is 10.3 Å². The van der Waals surface area contributed by atoms with Crippen LogP contribution in [0.3, 0.4) is 0 Å². The Morgan fingerprint density at radius 1 is 1.35 bits per heavy atom. The maximum Gasteiger partial charge on any atom is 0.416 e. The minimum atomic E-state index is -4.49. The highest BCUT2D eigenvalue weighted by Crippen LogP contribution is 2.32. The highest BCUT2D eigenvalue weighted by Gasteiger charge is 2.32. The maximum absolute atomic E-state index is 12.8. The lowest BCUT2D eigenvalue weighted by Gasteiger charge is -2.20. The van der Waals surface area contributed by atoms with Gasteiger partial charge in [-0.3, -0.25) is 0 Å². The zero-order chi connectivity index (χ0) is 15.6. The molecule has 0 saturated carbocycles. The summed E-state index contributed by atoms with van der Waals surface area (Å²) in [4.78, 5) is 5.36. The van der Waals surface area contributed by atoms with Gasteiger partial charge in [-0.15, -0.1) is 0 Å². The van der Waals surface area contributed by atoms with Crippen LogP contribution in [0.2, 0.25) is 0 Å². The van der Waals surface area contributed by atoms with Crippen molar-refractivity contribution < 1.29 is 21.6 Å². The second kappa shape index (κ2) is 5.86. The van der Waals surface area contributed by atoms with E-state index in [0.29, 0.717) is 0 Å². The van der Waals surface area contributed by atoms with Crippen molar-refractivity contribution in [2.45, 2.75) is 6.18 Å². The minimum Gasteiger partial charge on any atom is -0.373 e. The molecule has 0 radical (unpaired) electrons. The van der Waals surface area contributed by atoms with Gasteiger partial charge in [0.1, 0.15) is 21.5 Å². The summed E-state index contributed by atoms with van der Waals surface area (Å²) in [5.74, 6) is -0.0232. The number of aromatic nitrogens is 1. The summed E-state index contributed by atoms with van der Waals surface area (Å²) in [5, 5.41) is 2.55. The molecule has 0 atom stereocenters. The van der Waals surface area contributed by atoms with Gasteiger partial charge >= 0.3 is 6.18 Å². The average molecular weight is 311 g/mol. The number of anilines is 2. The van der Waals surface area contributed by atoms with Crippen LogP contribution in [0.25, 0.3) is 0 Å². The van der Waals surface area contributed by atoms with E-state index < -0.39 is 21.6 Å². The molecule has 0 fully saturated rings. The van der Waals surface area contributed by atoms with E-state index in [1.807, 2.05) is 0 Å². The first-order valence-corrected chi connectivity index (χ1v) is 7.75. The lowest BCUT2D eigenvalue weighted by Crippen LogP contribution is -2.26. The average Bonchev–Trinajstić information content (AvgIpc) is 2.33. The van der Waals surface area contributed by atoms with Crippen LogP contribution in [-0.2, 0) is 16.0 Å². The summed E-state index contributed by atoms with van der Waals surface area (Å²) in [7, 11) is -0.234. The van der Waals surface area contributed by atoms with Crippen molar-refractivity contribution in [1.29, 1.82) is 0 Å². The predicted octanol–water partition coefficient (Wildman–Crippen LogP) is 1.62. The Bertz CT molecular complexity index is 573. The molecule has 9 heteroatoms. The molecule has 1 N–H and O–H groups in total. The Morgan fingerprint density at radius 3 is 2.40 bits per heavy atom. The van der Waals surface area contributed by atoms with Gasteiger partial charge in [-0.25, -0.2) is 13.4 Å². The van der Waals surface area contributed by atoms with E-state index in [1.54, 1.807) is 0 Å². The monoisotopic (exact) mass is 311 g/mol. The van der Waals surface area contributed by atoms with Crippen molar-refractivity contribution in [1.82, 2.24) is 4.98 Å². The molecule has 0 aliphatic rings. The number of pyridine rings is 1. The van der Waals surface area contributed by atoms with Crippen LogP contribution in [0.15, 0.2) is 12.1 Å². The number of nitrogens with one attached hydrogen (secondary N) is 1. The van der Waals surface area contributed by atoms with Gasteiger partial charge in [-0.05, 0) is 12.1 Å². The first kappa shape index (κ1) is 16.5. The third-order valence-corrected chi connectivity index (χ3v) is 3.51. The zero-order valence-corrected chi connectivity index (χ0v) is 12.1. The van der Waals surface area contributed by atoms with E-state index in [4.69, 9.17) is 0 Å². The predicted molar refractivity (Wildman–Crippen MR) is 71.8 cm³/mol. The normalized spacial score (nSPS) is 12.3. The van der Waals surface area contributed by atoms with Crippen molar-refractivity contribution >= 4 is 21.5 Å². The molecule has 20 heavy (non-hydrogen) atoms. The molecule has 0 spiro atoms. The molecule has 1 heterocycles. The molecule has 1 aromatic rings. The molecule has 0 aliphatic heterocycles. The van der Waals surface area contributed by atoms with E-state index in [-0.39, 0.29) is 23.9 Å². The molecule has 1 rings (SSSR count). The van der Waals surface area contributed by atoms with Gasteiger partial charge in [0.05, 0.1) is 11.3 Å². The maximum atomic E-state index is 12.8. The Morgan fingerprint density at radius 2 is 1.95 bits per heavy atom. The molecule has 0 amide bonds. The van der Waals surface area contributed by atoms with Crippen LogP contribution >= 0.6 is 0 Å². The van der Waals surface area contributed by atoms with Gasteiger partial charge in [-0.2, -0.15) is 13.2 Å². The largest absolute Gasteiger partial charge is 0.416 e. The number of hydrogen-bond donors (Lipinski definition) is 1. The summed E-state index contributed by atoms with van der Waals surface area (Å²) in [6.45, 7) is 0.0658. The highest BCUT2D eigenvalue weighted by molar-refractivity contribution is 7.90. The Kier molecular flexibility index (Phi) is 4.85. The fourth-order valence-electron chi connectivity index (χ4n) is 1.42. The summed E-state index contributed by atoms with van der Waals surface area (Å²) in [6, 6.07) is 1.79. The molecule has 5 nitrogen and oxygen atoms in total. The van der Waals surface area contributed by atoms with Crippen LogP contribution in [0.5, 0.6) is 0 Å². The summed E-state index contributed by atoms with van der Waals surface area (Å²) >= 11 is 0. The van der Waals surface area contributed by atoms with Crippen LogP contribution in [0, 0.1) is 0 Å². The molecule has 0 unspecified atom stereocenters. The molecule has 1 aromatic heterocycles. The van der Waals surface area contributed by atoms with Crippen molar-refractivity contribution in [2.24, 2.45) is 0 Å². The van der Waals surface area contributed by atoms with E-state index in [9.17, 15) is 21.6 Å². The third kappa shape index (κ3) is 4.87. The van der Waals surface area contributed by atoms with Crippen LogP contribution in [-0.4, -0.2) is 46.1 Å². The van der Waals surface area contributed by atoms with Crippen LogP contribution < -0.4 is 10.2 Å². The second-order valence-corrected chi connectivity index (χ2v) is 6.66. The first-order valence-electron chi connectivity index (χ1n) is 5.69. The van der Waals surface area contributed by atoms with Gasteiger partial charge in [-0.1, -0.05) is 0 Å². The lowest BCUT2D eigenvalue weighted by atomic mass is 10.2. The Labute approximate surface area is 115 Å². The molecule has 114 valence electrons. The standard InChI is InChI=1S/C11H16F3N3O2S/c1-15-9-6-8(11(12,13)14)7-10(16-9)17(2)4-5-20(3,18)19/h6-7H,4-5H2,1-3H3,(H,15,16). The zero-order valence-electron chi connectivity index (χ0n) is 11.3. The summed E-state index contributed by atoms with van der Waals surface area (Å²) in [6.07, 6.45) is -3.42. The molecule has 0 aliphatic carbocycles. The molecule has 0 aromatic carbocycles. The van der Waals surface area contributed by atoms with Crippen molar-refractivity contribution in [3.05, 3.63) is 17.7 Å². The van der Waals surface area contributed by atoms with Gasteiger partial charge in [0.15, 0.2) is 0 Å². The number of rotatable bonds is 5. The molecule has 0 bridgehead atoms. The van der Waals surface area contributed by atoms with E-state index >= 15 is 0 Å². The van der Waals surface area contributed by atoms with Gasteiger partial charge in [0, 0.05) is 26.9 Å². The lowest BCUT2D eigenvalue weighted by molar-refractivity contribution is -0.137. The topological polar surface area (TPSA) is 62.3 Å². The number of sulfone groups is 1. The van der Waals surface area contributed by atoms with Crippen molar-refractivity contribution in [3.63, 3.8) is 0 Å². The second-order valence-electron chi connectivity index (χ2n) is 4.40. The summed E-state index contributed by atoms with van der Waals surface area (Å²) < 4.78 is 60.4. The Hall–Kier alpha value is -1.51. The quantitative estimate of drug-likeness (QED) is 0.895. The van der Waals surface area contributed by atoms with E-state index in [1.165, 1.54) is 19.0 Å². The van der Waals surface area contributed by atoms with Gasteiger partial charge in [0.25, 0.3) is 0 Å². The fourth-order valence-corrected chi connectivity index (χ4v) is 2.03. The number of alkyl halides is 3. The smallest absolute Gasteiger partial charge is 0.373 e. The first-order chi connectivity index (χ1) is 9.03. The minimum absolute atomic E-state index is 0.0628. The van der Waals surface area contributed by atoms with Crippen molar-refractivity contribution in [2.75, 3.05) is 42.9 Å². The van der Waals surface area contributed by atoms with Gasteiger partial charge < -0.3 is 10.2 Å². The highest BCUT2D eigenvalue weighted by atomic mass is 32.2. The molecular formula is C11H16F3N3O2S. The fraction of sp³-hybridized carbons (Fsp3) is 0.545. The number of hydrogen-bond acceptors (Lipinski definition) is 5. The van der Waals surface area contributed by atoms with Gasteiger partial charge in [0.2, 0.25) is 0 Å². The SMILES string of the molecule is CNc1cc(C(F)(F)F)cc(N(C)CCS(C)(=O)=O)n1. The third-order valence-electron chi connectivity index (χ3n) is 2.58.